The van der Waals surface area contributed by atoms with Gasteiger partial charge in [-0.3, -0.25) is 4.79 Å². The molecule has 5 nitrogen and oxygen atoms in total. The topological polar surface area (TPSA) is 87.6 Å². The van der Waals surface area contributed by atoms with E-state index in [1.807, 2.05) is 25.1 Å². The lowest BCUT2D eigenvalue weighted by Gasteiger charge is -2.20. The summed E-state index contributed by atoms with van der Waals surface area (Å²) in [6, 6.07) is 5.80. The fourth-order valence-electron chi connectivity index (χ4n) is 1.79. The van der Waals surface area contributed by atoms with E-state index in [9.17, 15) is 4.79 Å². The Kier molecular flexibility index (Phi) is 5.82. The number of hydrogen-bond donors (Lipinski definition) is 2. The van der Waals surface area contributed by atoms with Crippen LogP contribution in [0.3, 0.4) is 0 Å². The molecule has 4 N–H and O–H groups in total. The first kappa shape index (κ1) is 16.3. The van der Waals surface area contributed by atoms with E-state index in [1.165, 1.54) is 0 Å². The Morgan fingerprint density at radius 2 is 2.00 bits per heavy atom. The van der Waals surface area contributed by atoms with Gasteiger partial charge in [0, 0.05) is 0 Å². The number of benzene rings is 1. The Labute approximate surface area is 120 Å². The fraction of sp³-hybridized carbons (Fsp3) is 0.533. The second-order valence-electron chi connectivity index (χ2n) is 5.24. The van der Waals surface area contributed by atoms with E-state index in [4.69, 9.17) is 20.9 Å². The van der Waals surface area contributed by atoms with Crippen molar-refractivity contribution in [3.8, 4) is 11.5 Å². The van der Waals surface area contributed by atoms with E-state index in [0.29, 0.717) is 13.0 Å². The van der Waals surface area contributed by atoms with Crippen molar-refractivity contribution in [1.82, 2.24) is 0 Å². The van der Waals surface area contributed by atoms with Crippen LogP contribution in [0.25, 0.3) is 0 Å². The van der Waals surface area contributed by atoms with Crippen molar-refractivity contribution in [2.24, 2.45) is 11.5 Å². The van der Waals surface area contributed by atoms with Crippen LogP contribution in [0.15, 0.2) is 18.2 Å². The first-order valence-electron chi connectivity index (χ1n) is 6.73. The molecule has 1 aromatic rings. The molecule has 1 aromatic carbocycles. The number of rotatable bonds is 8. The number of carbonyl (C=O) groups is 1. The van der Waals surface area contributed by atoms with Gasteiger partial charge in [-0.2, -0.15) is 0 Å². The first-order chi connectivity index (χ1) is 9.36. The molecule has 1 amide bonds. The minimum atomic E-state index is -0.943. The van der Waals surface area contributed by atoms with Gasteiger partial charge < -0.3 is 20.9 Å². The maximum atomic E-state index is 11.1. The minimum Gasteiger partial charge on any atom is -0.493 e. The highest BCUT2D eigenvalue weighted by atomic mass is 16.5. The second kappa shape index (κ2) is 7.14. The SMILES string of the molecule is COc1cc(C)ccc1OCCCCC(C)(N)C(N)=O. The van der Waals surface area contributed by atoms with Gasteiger partial charge in [-0.25, -0.2) is 0 Å². The van der Waals surface area contributed by atoms with Gasteiger partial charge in [0.05, 0.1) is 19.3 Å². The molecule has 112 valence electrons. The van der Waals surface area contributed by atoms with Crippen LogP contribution in [0.2, 0.25) is 0 Å². The molecule has 0 aliphatic heterocycles. The van der Waals surface area contributed by atoms with Gasteiger partial charge in [0.2, 0.25) is 5.91 Å². The molecule has 0 aliphatic rings. The third kappa shape index (κ3) is 4.74. The van der Waals surface area contributed by atoms with Crippen LogP contribution in [0.5, 0.6) is 11.5 Å². The predicted octanol–water partition coefficient (Wildman–Crippen LogP) is 1.76. The summed E-state index contributed by atoms with van der Waals surface area (Å²) in [5.41, 5.74) is 11.2. The summed E-state index contributed by atoms with van der Waals surface area (Å²) in [6.07, 6.45) is 2.14. The third-order valence-corrected chi connectivity index (χ3v) is 3.23. The van der Waals surface area contributed by atoms with Gasteiger partial charge >= 0.3 is 0 Å². The highest BCUT2D eigenvalue weighted by Gasteiger charge is 2.24. The summed E-state index contributed by atoms with van der Waals surface area (Å²) in [4.78, 5) is 11.1. The zero-order valence-corrected chi connectivity index (χ0v) is 12.4. The summed E-state index contributed by atoms with van der Waals surface area (Å²) >= 11 is 0. The Bertz CT molecular complexity index is 458. The standard InChI is InChI=1S/C15H24N2O3/c1-11-6-7-12(13(10-11)19-3)20-9-5-4-8-15(2,17)14(16)18/h6-7,10H,4-5,8-9,17H2,1-3H3,(H2,16,18). The molecular formula is C15H24N2O3. The van der Waals surface area contributed by atoms with Crippen molar-refractivity contribution in [2.45, 2.75) is 38.6 Å². The molecule has 0 saturated carbocycles. The van der Waals surface area contributed by atoms with Crippen LogP contribution in [-0.2, 0) is 4.79 Å². The van der Waals surface area contributed by atoms with Crippen LogP contribution in [0, 0.1) is 6.92 Å². The number of nitrogens with two attached hydrogens (primary N) is 2. The normalized spacial score (nSPS) is 13.6. The van der Waals surface area contributed by atoms with Crippen LogP contribution in [0.1, 0.15) is 31.7 Å². The van der Waals surface area contributed by atoms with E-state index >= 15 is 0 Å². The van der Waals surface area contributed by atoms with Gasteiger partial charge in [0.25, 0.3) is 0 Å². The molecule has 0 saturated heterocycles. The smallest absolute Gasteiger partial charge is 0.237 e. The monoisotopic (exact) mass is 280 g/mol. The summed E-state index contributed by atoms with van der Waals surface area (Å²) in [5, 5.41) is 0. The summed E-state index contributed by atoms with van der Waals surface area (Å²) in [6.45, 7) is 4.20. The largest absolute Gasteiger partial charge is 0.493 e. The Hall–Kier alpha value is -1.75. The number of carbonyl (C=O) groups excluding carboxylic acids is 1. The molecule has 1 atom stereocenters. The van der Waals surface area contributed by atoms with Gasteiger partial charge in [-0.05, 0) is 50.8 Å². The molecule has 5 heteroatoms. The number of methoxy groups -OCH3 is 1. The number of amides is 1. The van der Waals surface area contributed by atoms with Crippen molar-refractivity contribution in [1.29, 1.82) is 0 Å². The quantitative estimate of drug-likeness (QED) is 0.710. The Morgan fingerprint density at radius 1 is 1.30 bits per heavy atom. The van der Waals surface area contributed by atoms with E-state index in [1.54, 1.807) is 14.0 Å². The van der Waals surface area contributed by atoms with Crippen molar-refractivity contribution < 1.29 is 14.3 Å². The zero-order valence-electron chi connectivity index (χ0n) is 12.4. The molecule has 0 heterocycles. The molecule has 20 heavy (non-hydrogen) atoms. The van der Waals surface area contributed by atoms with Crippen molar-refractivity contribution in [2.75, 3.05) is 13.7 Å². The van der Waals surface area contributed by atoms with Gasteiger partial charge in [0.1, 0.15) is 0 Å². The van der Waals surface area contributed by atoms with Crippen molar-refractivity contribution >= 4 is 5.91 Å². The first-order valence-corrected chi connectivity index (χ1v) is 6.73. The third-order valence-electron chi connectivity index (χ3n) is 3.23. The lowest BCUT2D eigenvalue weighted by Crippen LogP contribution is -2.49. The van der Waals surface area contributed by atoms with Crippen LogP contribution < -0.4 is 20.9 Å². The summed E-state index contributed by atoms with van der Waals surface area (Å²) in [5.74, 6) is 0.980. The molecule has 0 fully saturated rings. The minimum absolute atomic E-state index is 0.473. The maximum absolute atomic E-state index is 11.1. The average Bonchev–Trinajstić information content (AvgIpc) is 2.39. The second-order valence-corrected chi connectivity index (χ2v) is 5.24. The van der Waals surface area contributed by atoms with E-state index < -0.39 is 11.4 Å². The number of aryl methyl sites for hydroxylation is 1. The van der Waals surface area contributed by atoms with Gasteiger partial charge in [-0.1, -0.05) is 6.07 Å². The highest BCUT2D eigenvalue weighted by Crippen LogP contribution is 2.27. The molecule has 0 radical (unpaired) electrons. The van der Waals surface area contributed by atoms with Gasteiger partial charge in [0.15, 0.2) is 11.5 Å². The lowest BCUT2D eigenvalue weighted by molar-refractivity contribution is -0.122. The molecular weight excluding hydrogens is 256 g/mol. The summed E-state index contributed by atoms with van der Waals surface area (Å²) in [7, 11) is 1.62. The molecule has 1 unspecified atom stereocenters. The van der Waals surface area contributed by atoms with Crippen LogP contribution in [-0.4, -0.2) is 25.2 Å². The number of primary amides is 1. The number of hydrogen-bond acceptors (Lipinski definition) is 4. The van der Waals surface area contributed by atoms with E-state index in [2.05, 4.69) is 0 Å². The highest BCUT2D eigenvalue weighted by molar-refractivity contribution is 5.83. The Morgan fingerprint density at radius 3 is 2.60 bits per heavy atom. The number of unbranched alkanes of at least 4 members (excludes halogenated alkanes) is 1. The van der Waals surface area contributed by atoms with E-state index in [0.717, 1.165) is 29.9 Å². The summed E-state index contributed by atoms with van der Waals surface area (Å²) < 4.78 is 10.9. The van der Waals surface area contributed by atoms with Gasteiger partial charge in [-0.15, -0.1) is 0 Å². The average molecular weight is 280 g/mol. The maximum Gasteiger partial charge on any atom is 0.237 e. The molecule has 1 rings (SSSR count). The van der Waals surface area contributed by atoms with Crippen LogP contribution in [0.4, 0.5) is 0 Å². The molecule has 0 spiro atoms. The number of ether oxygens (including phenoxy) is 2. The zero-order chi connectivity index (χ0) is 15.2. The van der Waals surface area contributed by atoms with Crippen LogP contribution >= 0.6 is 0 Å². The predicted molar refractivity (Wildman–Crippen MR) is 78.9 cm³/mol. The van der Waals surface area contributed by atoms with Crippen molar-refractivity contribution in [3.05, 3.63) is 23.8 Å². The lowest BCUT2D eigenvalue weighted by atomic mass is 9.96. The van der Waals surface area contributed by atoms with Crippen molar-refractivity contribution in [3.63, 3.8) is 0 Å². The Balaban J connectivity index is 2.37. The van der Waals surface area contributed by atoms with E-state index in [-0.39, 0.29) is 0 Å². The fourth-order valence-corrected chi connectivity index (χ4v) is 1.79. The molecule has 0 aliphatic carbocycles. The molecule has 0 aromatic heterocycles. The molecule has 0 bridgehead atoms.